The van der Waals surface area contributed by atoms with Crippen molar-refractivity contribution in [3.8, 4) is 0 Å². The highest BCUT2D eigenvalue weighted by Gasteiger charge is 2.32. The van der Waals surface area contributed by atoms with Crippen LogP contribution in [0.25, 0.3) is 0 Å². The third-order valence-electron chi connectivity index (χ3n) is 3.18. The van der Waals surface area contributed by atoms with Crippen molar-refractivity contribution in [1.82, 2.24) is 25.0 Å². The molecule has 0 radical (unpaired) electrons. The van der Waals surface area contributed by atoms with Crippen LogP contribution in [0.2, 0.25) is 0 Å². The Balaban J connectivity index is 2.10. The van der Waals surface area contributed by atoms with Gasteiger partial charge in [0.1, 0.15) is 24.7 Å². The lowest BCUT2D eigenvalue weighted by molar-refractivity contribution is -0.145. The quantitative estimate of drug-likeness (QED) is 0.808. The Morgan fingerprint density at radius 2 is 2.21 bits per heavy atom. The summed E-state index contributed by atoms with van der Waals surface area (Å²) in [5.74, 6) is 0.563. The lowest BCUT2D eigenvalue weighted by Crippen LogP contribution is -2.57. The van der Waals surface area contributed by atoms with Gasteiger partial charge in [0.05, 0.1) is 6.54 Å². The molecule has 1 N–H and O–H groups in total. The molecular formula is C12H19N5O2. The molecule has 0 spiro atoms. The first-order chi connectivity index (χ1) is 9.15. The zero-order chi connectivity index (χ0) is 13.8. The van der Waals surface area contributed by atoms with Gasteiger partial charge in [-0.1, -0.05) is 13.3 Å². The van der Waals surface area contributed by atoms with E-state index in [0.29, 0.717) is 25.3 Å². The molecule has 2 heterocycles. The number of hydrogen-bond acceptors (Lipinski definition) is 4. The summed E-state index contributed by atoms with van der Waals surface area (Å²) in [4.78, 5) is 29.6. The van der Waals surface area contributed by atoms with Gasteiger partial charge in [-0.05, 0) is 13.3 Å². The maximum Gasteiger partial charge on any atom is 0.246 e. The molecule has 0 aromatic carbocycles. The molecule has 1 aromatic rings. The summed E-state index contributed by atoms with van der Waals surface area (Å²) in [6.07, 6.45) is 2.99. The monoisotopic (exact) mass is 265 g/mol. The number of piperazine rings is 1. The number of carbonyl (C=O) groups is 2. The van der Waals surface area contributed by atoms with Gasteiger partial charge in [0.2, 0.25) is 11.8 Å². The summed E-state index contributed by atoms with van der Waals surface area (Å²) in [6.45, 7) is 5.08. The average molecular weight is 265 g/mol. The highest BCUT2D eigenvalue weighted by atomic mass is 16.2. The van der Waals surface area contributed by atoms with E-state index < -0.39 is 6.04 Å². The molecule has 2 amide bonds. The number of amides is 2. The molecule has 7 nitrogen and oxygen atoms in total. The number of nitrogens with one attached hydrogen (secondary N) is 1. The van der Waals surface area contributed by atoms with Crippen LogP contribution in [0, 0.1) is 0 Å². The second kappa shape index (κ2) is 5.81. The van der Waals surface area contributed by atoms with Gasteiger partial charge in [-0.15, -0.1) is 0 Å². The maximum atomic E-state index is 12.2. The Labute approximate surface area is 112 Å². The van der Waals surface area contributed by atoms with Gasteiger partial charge in [0, 0.05) is 6.54 Å². The van der Waals surface area contributed by atoms with Gasteiger partial charge < -0.3 is 10.2 Å². The van der Waals surface area contributed by atoms with Crippen LogP contribution in [0.3, 0.4) is 0 Å². The second-order valence-corrected chi connectivity index (χ2v) is 4.60. The van der Waals surface area contributed by atoms with Crippen molar-refractivity contribution in [3.05, 3.63) is 12.2 Å². The Kier molecular flexibility index (Phi) is 4.13. The lowest BCUT2D eigenvalue weighted by atomic mass is 10.1. The van der Waals surface area contributed by atoms with E-state index in [4.69, 9.17) is 0 Å². The molecule has 1 aliphatic rings. The number of aromatic nitrogens is 3. The van der Waals surface area contributed by atoms with Crippen LogP contribution < -0.4 is 5.32 Å². The summed E-state index contributed by atoms with van der Waals surface area (Å²) in [7, 11) is 0. The van der Waals surface area contributed by atoms with Crippen molar-refractivity contribution in [1.29, 1.82) is 0 Å². The zero-order valence-electron chi connectivity index (χ0n) is 11.3. The molecule has 1 aliphatic heterocycles. The minimum absolute atomic E-state index is 0.0351. The third kappa shape index (κ3) is 2.91. The summed E-state index contributed by atoms with van der Waals surface area (Å²) >= 11 is 0. The van der Waals surface area contributed by atoms with E-state index in [1.165, 1.54) is 6.33 Å². The molecule has 1 atom stereocenters. The van der Waals surface area contributed by atoms with E-state index in [9.17, 15) is 9.59 Å². The molecule has 0 aliphatic carbocycles. The summed E-state index contributed by atoms with van der Waals surface area (Å²) in [6, 6.07) is -0.399. The van der Waals surface area contributed by atoms with Gasteiger partial charge >= 0.3 is 0 Å². The Morgan fingerprint density at radius 1 is 1.42 bits per heavy atom. The summed E-state index contributed by atoms with van der Waals surface area (Å²) < 4.78 is 1.73. The molecule has 1 fully saturated rings. The molecule has 1 saturated heterocycles. The van der Waals surface area contributed by atoms with Crippen LogP contribution in [-0.4, -0.2) is 44.1 Å². The second-order valence-electron chi connectivity index (χ2n) is 4.60. The van der Waals surface area contributed by atoms with E-state index in [1.54, 1.807) is 9.58 Å². The SMILES string of the molecule is CCCC1NC(=O)CN(Cc2ncnn2CC)C1=O. The molecule has 0 bridgehead atoms. The van der Waals surface area contributed by atoms with Gasteiger partial charge in [-0.2, -0.15) is 5.10 Å². The van der Waals surface area contributed by atoms with Gasteiger partial charge in [0.25, 0.3) is 0 Å². The van der Waals surface area contributed by atoms with E-state index in [0.717, 1.165) is 6.42 Å². The smallest absolute Gasteiger partial charge is 0.246 e. The molecule has 19 heavy (non-hydrogen) atoms. The predicted molar refractivity (Wildman–Crippen MR) is 68.0 cm³/mol. The van der Waals surface area contributed by atoms with Crippen molar-refractivity contribution in [2.45, 2.75) is 45.8 Å². The van der Waals surface area contributed by atoms with Crippen molar-refractivity contribution in [3.63, 3.8) is 0 Å². The highest BCUT2D eigenvalue weighted by molar-refractivity contribution is 5.94. The van der Waals surface area contributed by atoms with E-state index in [-0.39, 0.29) is 18.4 Å². The molecule has 104 valence electrons. The standard InChI is InChI=1S/C12H19N5O2/c1-3-5-9-12(19)16(7-11(18)15-9)6-10-13-8-14-17(10)4-2/h8-9H,3-7H2,1-2H3,(H,15,18). The summed E-state index contributed by atoms with van der Waals surface area (Å²) in [5, 5.41) is 6.80. The molecular weight excluding hydrogens is 246 g/mol. The Hall–Kier alpha value is -1.92. The molecule has 1 aromatic heterocycles. The number of aryl methyl sites for hydroxylation is 1. The van der Waals surface area contributed by atoms with Gasteiger partial charge in [-0.25, -0.2) is 9.67 Å². The van der Waals surface area contributed by atoms with E-state index in [1.807, 2.05) is 13.8 Å². The molecule has 7 heteroatoms. The first-order valence-electron chi connectivity index (χ1n) is 6.60. The normalized spacial score (nSPS) is 19.7. The Morgan fingerprint density at radius 3 is 2.89 bits per heavy atom. The average Bonchev–Trinajstić information content (AvgIpc) is 2.82. The van der Waals surface area contributed by atoms with Gasteiger partial charge in [0.15, 0.2) is 0 Å². The van der Waals surface area contributed by atoms with E-state index in [2.05, 4.69) is 15.4 Å². The first-order valence-corrected chi connectivity index (χ1v) is 6.60. The van der Waals surface area contributed by atoms with Crippen LogP contribution in [0.15, 0.2) is 6.33 Å². The minimum atomic E-state index is -0.399. The summed E-state index contributed by atoms with van der Waals surface area (Å²) in [5.41, 5.74) is 0. The van der Waals surface area contributed by atoms with Crippen molar-refractivity contribution in [2.24, 2.45) is 0 Å². The third-order valence-corrected chi connectivity index (χ3v) is 3.18. The Bertz CT molecular complexity index is 470. The van der Waals surface area contributed by atoms with Crippen molar-refractivity contribution in [2.75, 3.05) is 6.54 Å². The number of carbonyl (C=O) groups excluding carboxylic acids is 2. The van der Waals surface area contributed by atoms with E-state index >= 15 is 0 Å². The topological polar surface area (TPSA) is 80.1 Å². The number of nitrogens with zero attached hydrogens (tertiary/aromatic N) is 4. The minimum Gasteiger partial charge on any atom is -0.343 e. The van der Waals surface area contributed by atoms with Crippen molar-refractivity contribution < 1.29 is 9.59 Å². The van der Waals surface area contributed by atoms with Crippen LogP contribution >= 0.6 is 0 Å². The molecule has 0 saturated carbocycles. The highest BCUT2D eigenvalue weighted by Crippen LogP contribution is 2.11. The predicted octanol–water partition coefficient (Wildman–Crippen LogP) is -0.0749. The lowest BCUT2D eigenvalue weighted by Gasteiger charge is -2.32. The van der Waals surface area contributed by atoms with Crippen LogP contribution in [0.1, 0.15) is 32.5 Å². The number of rotatable bonds is 5. The first kappa shape index (κ1) is 13.5. The van der Waals surface area contributed by atoms with Crippen molar-refractivity contribution >= 4 is 11.8 Å². The van der Waals surface area contributed by atoms with Crippen LogP contribution in [0.5, 0.6) is 0 Å². The number of hydrogen-bond donors (Lipinski definition) is 1. The van der Waals surface area contributed by atoms with Crippen LogP contribution in [-0.2, 0) is 22.7 Å². The van der Waals surface area contributed by atoms with Gasteiger partial charge in [-0.3, -0.25) is 9.59 Å². The fourth-order valence-electron chi connectivity index (χ4n) is 2.24. The van der Waals surface area contributed by atoms with Crippen LogP contribution in [0.4, 0.5) is 0 Å². The molecule has 1 unspecified atom stereocenters. The zero-order valence-corrected chi connectivity index (χ0v) is 11.3. The molecule has 2 rings (SSSR count). The fraction of sp³-hybridized carbons (Fsp3) is 0.667. The fourth-order valence-corrected chi connectivity index (χ4v) is 2.24. The maximum absolute atomic E-state index is 12.2. The largest absolute Gasteiger partial charge is 0.343 e.